The van der Waals surface area contributed by atoms with Gasteiger partial charge in [-0.05, 0) is 59.4 Å². The Hall–Kier alpha value is -7.55. The standard InChI is InChI=1S/C51H33N5/c1-4-14-34(15-5-1)36-24-28-38(29-25-36)49-52-50(39-30-26-37(27-31-39)35-16-6-2-7-17-35)54-51(53-49)56-46-23-13-11-21-42(46)44-33-32-43-41-20-10-12-22-45(41)55(47(43)48(44)56)40-18-8-3-9-19-40/h1,3-6,8-31H,2,7H2. The summed E-state index contributed by atoms with van der Waals surface area (Å²) in [5.41, 5.74) is 16.9. The fraction of sp³-hybridized carbons (Fsp3) is 0.0392. The maximum Gasteiger partial charge on any atom is 0.238 e. The average molecular weight is 716 g/mol. The molecular weight excluding hydrogens is 683 g/mol. The molecule has 0 saturated carbocycles. The molecule has 0 radical (unpaired) electrons. The lowest BCUT2D eigenvalue weighted by Gasteiger charge is -2.12. The third-order valence-electron chi connectivity index (χ3n) is 10.8. The monoisotopic (exact) mass is 715 g/mol. The van der Waals surface area contributed by atoms with Gasteiger partial charge in [0.05, 0.1) is 32.2 Å². The molecule has 5 heteroatoms. The normalized spacial score (nSPS) is 12.9. The molecule has 0 bridgehead atoms. The fourth-order valence-electron chi connectivity index (χ4n) is 8.16. The lowest BCUT2D eigenvalue weighted by Crippen LogP contribution is -2.15. The molecule has 11 rings (SSSR count). The van der Waals surface area contributed by atoms with Crippen LogP contribution >= 0.6 is 0 Å². The molecule has 262 valence electrons. The molecule has 9 aromatic rings. The van der Waals surface area contributed by atoms with E-state index in [0.29, 0.717) is 17.6 Å². The Labute approximate surface area is 322 Å². The number of fused-ring (bicyclic) bond motifs is 6. The van der Waals surface area contributed by atoms with Gasteiger partial charge in [0.2, 0.25) is 5.95 Å². The molecule has 0 aliphatic heterocycles. The zero-order valence-electron chi connectivity index (χ0n) is 30.4. The second kappa shape index (κ2) is 13.1. The van der Waals surface area contributed by atoms with Crippen LogP contribution in [0.3, 0.4) is 0 Å². The number of nitrogens with zero attached hydrogens (tertiary/aromatic N) is 5. The summed E-state index contributed by atoms with van der Waals surface area (Å²) in [5.74, 6) is 1.74. The van der Waals surface area contributed by atoms with Gasteiger partial charge in [-0.1, -0.05) is 163 Å². The zero-order chi connectivity index (χ0) is 37.0. The minimum Gasteiger partial charge on any atom is -0.307 e. The number of benzene rings is 6. The van der Waals surface area contributed by atoms with Crippen molar-refractivity contribution in [2.24, 2.45) is 0 Å². The fourth-order valence-corrected chi connectivity index (χ4v) is 8.16. The van der Waals surface area contributed by atoms with Crippen LogP contribution in [0.15, 0.2) is 176 Å². The number of rotatable bonds is 6. The van der Waals surface area contributed by atoms with Crippen LogP contribution in [0, 0.1) is 10.7 Å². The summed E-state index contributed by atoms with van der Waals surface area (Å²) < 4.78 is 4.54. The third kappa shape index (κ3) is 5.23. The predicted octanol–water partition coefficient (Wildman–Crippen LogP) is 10.1. The van der Waals surface area contributed by atoms with Gasteiger partial charge in [-0.3, -0.25) is 4.57 Å². The van der Waals surface area contributed by atoms with Crippen LogP contribution in [0.4, 0.5) is 0 Å². The Balaban J connectivity index is 1.21. The molecule has 0 amide bonds. The van der Waals surface area contributed by atoms with Gasteiger partial charge in [0.15, 0.2) is 11.6 Å². The molecule has 56 heavy (non-hydrogen) atoms. The first-order valence-corrected chi connectivity index (χ1v) is 19.0. The number of allylic oxidation sites excluding steroid dienone is 4. The molecule has 2 aliphatic rings. The van der Waals surface area contributed by atoms with Gasteiger partial charge in [-0.25, -0.2) is 4.98 Å². The minimum absolute atomic E-state index is 0.538. The molecule has 5 nitrogen and oxygen atoms in total. The lowest BCUT2D eigenvalue weighted by atomic mass is 9.98. The number of hydrogen-bond acceptors (Lipinski definition) is 3. The van der Waals surface area contributed by atoms with Crippen molar-refractivity contribution in [3.8, 4) is 45.5 Å². The van der Waals surface area contributed by atoms with Crippen molar-refractivity contribution in [1.29, 1.82) is 0 Å². The molecule has 3 heterocycles. The molecular formula is C51H33N5. The van der Waals surface area contributed by atoms with Gasteiger partial charge in [0.1, 0.15) is 0 Å². The highest BCUT2D eigenvalue weighted by molar-refractivity contribution is 5.88. The summed E-state index contributed by atoms with van der Waals surface area (Å²) in [6, 6.07) is 55.0. The van der Waals surface area contributed by atoms with Gasteiger partial charge in [0.25, 0.3) is 0 Å². The molecule has 6 aromatic carbocycles. The van der Waals surface area contributed by atoms with E-state index in [9.17, 15) is 0 Å². The highest BCUT2D eigenvalue weighted by Crippen LogP contribution is 2.29. The van der Waals surface area contributed by atoms with Gasteiger partial charge in [-0.15, -0.1) is 0 Å². The summed E-state index contributed by atoms with van der Waals surface area (Å²) in [6.07, 6.45) is 8.90. The molecule has 2 aliphatic carbocycles. The average Bonchev–Trinajstić information content (AvgIpc) is 3.80. The predicted molar refractivity (Wildman–Crippen MR) is 226 cm³/mol. The van der Waals surface area contributed by atoms with Crippen molar-refractivity contribution in [3.05, 3.63) is 203 Å². The van der Waals surface area contributed by atoms with Crippen LogP contribution in [0.2, 0.25) is 0 Å². The molecule has 0 N–H and O–H groups in total. The highest BCUT2D eigenvalue weighted by atomic mass is 15.2. The SMILES string of the molecule is C1=C=c2c(n(-c3nc(-c4ccc(C5=CCCC=C5)cc4)nc(-c4ccc(-c5ccccc5)cc4)n3)c3ccccc23)=c2c=1c1ccccc1n2-c1ccccc1. The molecule has 0 unspecified atom stereocenters. The van der Waals surface area contributed by atoms with Gasteiger partial charge in [-0.2, -0.15) is 9.97 Å². The highest BCUT2D eigenvalue weighted by Gasteiger charge is 2.21. The summed E-state index contributed by atoms with van der Waals surface area (Å²) in [5, 5.41) is 6.11. The van der Waals surface area contributed by atoms with E-state index in [2.05, 4.69) is 190 Å². The van der Waals surface area contributed by atoms with Crippen LogP contribution in [0.1, 0.15) is 18.4 Å². The third-order valence-corrected chi connectivity index (χ3v) is 10.8. The first kappa shape index (κ1) is 31.9. The Morgan fingerprint density at radius 1 is 0.429 bits per heavy atom. The Morgan fingerprint density at radius 2 is 0.929 bits per heavy atom. The summed E-state index contributed by atoms with van der Waals surface area (Å²) in [4.78, 5) is 15.8. The van der Waals surface area contributed by atoms with Gasteiger partial charge in [0, 0.05) is 27.6 Å². The lowest BCUT2D eigenvalue weighted by molar-refractivity contribution is 0.894. The second-order valence-electron chi connectivity index (χ2n) is 14.2. The Kier molecular flexibility index (Phi) is 7.46. The smallest absolute Gasteiger partial charge is 0.238 e. The van der Waals surface area contributed by atoms with Crippen molar-refractivity contribution >= 4 is 38.8 Å². The number of hydrogen-bond donors (Lipinski definition) is 0. The molecule has 0 spiro atoms. The number of aromatic nitrogens is 5. The van der Waals surface area contributed by atoms with Crippen molar-refractivity contribution < 1.29 is 0 Å². The first-order chi connectivity index (χ1) is 27.8. The van der Waals surface area contributed by atoms with E-state index >= 15 is 0 Å². The van der Waals surface area contributed by atoms with E-state index in [4.69, 9.17) is 15.0 Å². The van der Waals surface area contributed by atoms with E-state index in [1.54, 1.807) is 0 Å². The van der Waals surface area contributed by atoms with E-state index in [-0.39, 0.29) is 0 Å². The maximum atomic E-state index is 5.32. The van der Waals surface area contributed by atoms with E-state index in [1.807, 2.05) is 6.07 Å². The Bertz CT molecular complexity index is 3340. The van der Waals surface area contributed by atoms with Crippen LogP contribution in [0.25, 0.3) is 84.4 Å². The van der Waals surface area contributed by atoms with Crippen molar-refractivity contribution in [3.63, 3.8) is 0 Å². The minimum atomic E-state index is 0.538. The van der Waals surface area contributed by atoms with Crippen LogP contribution in [0.5, 0.6) is 0 Å². The molecule has 0 atom stereocenters. The molecule has 3 aromatic heterocycles. The quantitative estimate of drug-likeness (QED) is 0.172. The zero-order valence-corrected chi connectivity index (χ0v) is 30.4. The topological polar surface area (TPSA) is 48.5 Å². The largest absolute Gasteiger partial charge is 0.307 e. The maximum absolute atomic E-state index is 5.32. The van der Waals surface area contributed by atoms with Crippen molar-refractivity contribution in [2.75, 3.05) is 0 Å². The van der Waals surface area contributed by atoms with Crippen LogP contribution in [-0.4, -0.2) is 24.1 Å². The van der Waals surface area contributed by atoms with Gasteiger partial charge >= 0.3 is 0 Å². The summed E-state index contributed by atoms with van der Waals surface area (Å²) >= 11 is 0. The van der Waals surface area contributed by atoms with E-state index < -0.39 is 0 Å². The molecule has 0 fully saturated rings. The summed E-state index contributed by atoms with van der Waals surface area (Å²) in [6.45, 7) is 0. The van der Waals surface area contributed by atoms with E-state index in [1.165, 1.54) is 11.1 Å². The number of para-hydroxylation sites is 3. The first-order valence-electron chi connectivity index (χ1n) is 19.0. The summed E-state index contributed by atoms with van der Waals surface area (Å²) in [7, 11) is 0. The van der Waals surface area contributed by atoms with Gasteiger partial charge < -0.3 is 4.57 Å². The van der Waals surface area contributed by atoms with E-state index in [0.717, 1.165) is 83.7 Å². The second-order valence-corrected chi connectivity index (χ2v) is 14.2. The van der Waals surface area contributed by atoms with Crippen molar-refractivity contribution in [1.82, 2.24) is 24.1 Å². The van der Waals surface area contributed by atoms with Crippen LogP contribution < -0.4 is 10.4 Å². The van der Waals surface area contributed by atoms with Crippen molar-refractivity contribution in [2.45, 2.75) is 12.8 Å². The Morgan fingerprint density at radius 3 is 1.54 bits per heavy atom. The molecule has 0 saturated heterocycles. The van der Waals surface area contributed by atoms with Crippen LogP contribution in [-0.2, 0) is 0 Å².